The van der Waals surface area contributed by atoms with E-state index in [1.807, 2.05) is 6.92 Å². The highest BCUT2D eigenvalue weighted by atomic mass is 79.9. The fourth-order valence-electron chi connectivity index (χ4n) is 0.904. The molecular formula is C7H8BrNO2. The van der Waals surface area contributed by atoms with Gasteiger partial charge in [0.1, 0.15) is 10.2 Å². The normalized spacial score (nSPS) is 9.73. The van der Waals surface area contributed by atoms with Gasteiger partial charge in [-0.05, 0) is 22.9 Å². The summed E-state index contributed by atoms with van der Waals surface area (Å²) in [6.07, 6.45) is 2.87. The van der Waals surface area contributed by atoms with Crippen molar-refractivity contribution in [3.05, 3.63) is 27.6 Å². The third-order valence-corrected chi connectivity index (χ3v) is 1.91. The van der Waals surface area contributed by atoms with Gasteiger partial charge in [0, 0.05) is 0 Å². The Balaban J connectivity index is 3.25. The number of methoxy groups -OCH3 is 1. The SMILES string of the molecule is COc1c(C)c[n+]([O-])cc1Br. The van der Waals surface area contributed by atoms with Gasteiger partial charge in [-0.15, -0.1) is 0 Å². The van der Waals surface area contributed by atoms with Gasteiger partial charge in [0.15, 0.2) is 12.4 Å². The number of aromatic nitrogens is 1. The number of hydrogen-bond donors (Lipinski definition) is 0. The number of hydrogen-bond acceptors (Lipinski definition) is 2. The number of aryl methyl sites for hydroxylation is 1. The lowest BCUT2D eigenvalue weighted by Gasteiger charge is -2.05. The molecule has 0 N–H and O–H groups in total. The van der Waals surface area contributed by atoms with Crippen LogP contribution in [0.3, 0.4) is 0 Å². The molecule has 0 amide bonds. The molecule has 0 aliphatic heterocycles. The van der Waals surface area contributed by atoms with Crippen molar-refractivity contribution in [2.75, 3.05) is 7.11 Å². The van der Waals surface area contributed by atoms with Crippen molar-refractivity contribution in [2.45, 2.75) is 6.92 Å². The first-order valence-electron chi connectivity index (χ1n) is 3.08. The lowest BCUT2D eigenvalue weighted by atomic mass is 10.3. The van der Waals surface area contributed by atoms with Crippen molar-refractivity contribution in [2.24, 2.45) is 0 Å². The first-order chi connectivity index (χ1) is 5.15. The molecule has 0 bridgehead atoms. The van der Waals surface area contributed by atoms with Crippen LogP contribution in [0.1, 0.15) is 5.56 Å². The highest BCUT2D eigenvalue weighted by molar-refractivity contribution is 9.10. The van der Waals surface area contributed by atoms with Crippen molar-refractivity contribution < 1.29 is 9.47 Å². The summed E-state index contributed by atoms with van der Waals surface area (Å²) in [4.78, 5) is 0. The molecule has 1 heterocycles. The summed E-state index contributed by atoms with van der Waals surface area (Å²) in [5.41, 5.74) is 0.817. The number of nitrogens with zero attached hydrogens (tertiary/aromatic N) is 1. The maximum absolute atomic E-state index is 10.8. The predicted molar refractivity (Wildman–Crippen MR) is 44.4 cm³/mol. The molecule has 1 aromatic rings. The summed E-state index contributed by atoms with van der Waals surface area (Å²) < 4.78 is 6.45. The van der Waals surface area contributed by atoms with Crippen LogP contribution in [0.25, 0.3) is 0 Å². The second-order valence-corrected chi connectivity index (χ2v) is 3.04. The van der Waals surface area contributed by atoms with Crippen molar-refractivity contribution in [3.8, 4) is 5.75 Å². The topological polar surface area (TPSA) is 36.2 Å². The van der Waals surface area contributed by atoms with Crippen LogP contribution in [0.2, 0.25) is 0 Å². The van der Waals surface area contributed by atoms with Crippen LogP contribution < -0.4 is 9.47 Å². The minimum Gasteiger partial charge on any atom is -0.619 e. The Morgan fingerprint density at radius 2 is 2.18 bits per heavy atom. The van der Waals surface area contributed by atoms with E-state index in [2.05, 4.69) is 15.9 Å². The average molecular weight is 218 g/mol. The minimum absolute atomic E-state index is 0.676. The molecule has 0 aliphatic rings. The summed E-state index contributed by atoms with van der Waals surface area (Å²) in [5.74, 6) is 0.706. The first-order valence-corrected chi connectivity index (χ1v) is 3.87. The van der Waals surface area contributed by atoms with Crippen LogP contribution in [0.15, 0.2) is 16.9 Å². The van der Waals surface area contributed by atoms with Crippen molar-refractivity contribution in [1.82, 2.24) is 0 Å². The van der Waals surface area contributed by atoms with Gasteiger partial charge < -0.3 is 9.94 Å². The van der Waals surface area contributed by atoms with Gasteiger partial charge in [-0.25, -0.2) is 0 Å². The molecule has 1 rings (SSSR count). The van der Waals surface area contributed by atoms with Gasteiger partial charge in [-0.2, -0.15) is 4.73 Å². The van der Waals surface area contributed by atoms with Crippen LogP contribution in [-0.2, 0) is 0 Å². The van der Waals surface area contributed by atoms with E-state index in [1.165, 1.54) is 12.4 Å². The zero-order chi connectivity index (χ0) is 8.43. The Labute approximate surface area is 73.3 Å². The smallest absolute Gasteiger partial charge is 0.198 e. The van der Waals surface area contributed by atoms with E-state index in [1.54, 1.807) is 7.11 Å². The van der Waals surface area contributed by atoms with Crippen LogP contribution in [-0.4, -0.2) is 7.11 Å². The molecule has 0 atom stereocenters. The maximum atomic E-state index is 10.8. The number of halogens is 1. The van der Waals surface area contributed by atoms with Crippen LogP contribution in [0, 0.1) is 12.1 Å². The van der Waals surface area contributed by atoms with E-state index in [0.717, 1.165) is 10.3 Å². The summed E-state index contributed by atoms with van der Waals surface area (Å²) in [6.45, 7) is 1.82. The summed E-state index contributed by atoms with van der Waals surface area (Å²) in [5, 5.41) is 10.8. The molecule has 0 saturated heterocycles. The van der Waals surface area contributed by atoms with E-state index in [9.17, 15) is 5.21 Å². The molecule has 60 valence electrons. The summed E-state index contributed by atoms with van der Waals surface area (Å²) in [6, 6.07) is 0. The highest BCUT2D eigenvalue weighted by Gasteiger charge is 2.07. The second kappa shape index (κ2) is 3.09. The van der Waals surface area contributed by atoms with Gasteiger partial charge in [0.05, 0.1) is 12.7 Å². The molecule has 11 heavy (non-hydrogen) atoms. The Hall–Kier alpha value is -0.770. The summed E-state index contributed by atoms with van der Waals surface area (Å²) >= 11 is 3.21. The van der Waals surface area contributed by atoms with Gasteiger partial charge in [0.2, 0.25) is 0 Å². The Morgan fingerprint density at radius 1 is 1.55 bits per heavy atom. The molecule has 0 aromatic carbocycles. The monoisotopic (exact) mass is 217 g/mol. The third kappa shape index (κ3) is 1.63. The van der Waals surface area contributed by atoms with Gasteiger partial charge in [-0.3, -0.25) is 0 Å². The molecule has 1 aromatic heterocycles. The van der Waals surface area contributed by atoms with Gasteiger partial charge in [-0.1, -0.05) is 0 Å². The molecule has 4 heteroatoms. The number of rotatable bonds is 1. The van der Waals surface area contributed by atoms with Crippen molar-refractivity contribution >= 4 is 15.9 Å². The highest BCUT2D eigenvalue weighted by Crippen LogP contribution is 2.25. The van der Waals surface area contributed by atoms with E-state index in [-0.39, 0.29) is 0 Å². The standard InChI is InChI=1S/C7H8BrNO2/c1-5-3-9(10)4-6(8)7(5)11-2/h3-4H,1-2H3. The largest absolute Gasteiger partial charge is 0.619 e. The summed E-state index contributed by atoms with van der Waals surface area (Å²) in [7, 11) is 1.57. The fraction of sp³-hybridized carbons (Fsp3) is 0.286. The molecule has 0 unspecified atom stereocenters. The van der Waals surface area contributed by atoms with Crippen molar-refractivity contribution in [1.29, 1.82) is 0 Å². The Kier molecular flexibility index (Phi) is 2.34. The zero-order valence-electron chi connectivity index (χ0n) is 6.30. The van der Waals surface area contributed by atoms with Crippen LogP contribution in [0.5, 0.6) is 5.75 Å². The maximum Gasteiger partial charge on any atom is 0.198 e. The van der Waals surface area contributed by atoms with E-state index in [4.69, 9.17) is 4.74 Å². The molecule has 0 aliphatic carbocycles. The van der Waals surface area contributed by atoms with Gasteiger partial charge >= 0.3 is 0 Å². The minimum atomic E-state index is 0.676. The number of pyridine rings is 1. The third-order valence-electron chi connectivity index (χ3n) is 1.34. The van der Waals surface area contributed by atoms with Crippen molar-refractivity contribution in [3.63, 3.8) is 0 Å². The van der Waals surface area contributed by atoms with E-state index >= 15 is 0 Å². The van der Waals surface area contributed by atoms with E-state index in [0.29, 0.717) is 10.2 Å². The second-order valence-electron chi connectivity index (χ2n) is 2.18. The van der Waals surface area contributed by atoms with Crippen LogP contribution in [0.4, 0.5) is 0 Å². The zero-order valence-corrected chi connectivity index (χ0v) is 7.88. The lowest BCUT2D eigenvalue weighted by molar-refractivity contribution is -0.606. The average Bonchev–Trinajstić information content (AvgIpc) is 1.85. The Bertz CT molecular complexity index is 252. The first kappa shape index (κ1) is 8.33. The molecule has 0 saturated carbocycles. The van der Waals surface area contributed by atoms with E-state index < -0.39 is 0 Å². The molecule has 0 radical (unpaired) electrons. The molecular weight excluding hydrogens is 210 g/mol. The fourth-order valence-corrected chi connectivity index (χ4v) is 1.58. The lowest BCUT2D eigenvalue weighted by Crippen LogP contribution is -2.25. The molecule has 0 fully saturated rings. The molecule has 3 nitrogen and oxygen atoms in total. The van der Waals surface area contributed by atoms with Gasteiger partial charge in [0.25, 0.3) is 0 Å². The predicted octanol–water partition coefficient (Wildman–Crippen LogP) is 1.40. The molecule has 0 spiro atoms. The quantitative estimate of drug-likeness (QED) is 0.527. The van der Waals surface area contributed by atoms with Crippen LogP contribution >= 0.6 is 15.9 Å². The Morgan fingerprint density at radius 3 is 2.64 bits per heavy atom. The number of ether oxygens (including phenoxy) is 1.